The van der Waals surface area contributed by atoms with Crippen LogP contribution in [0.1, 0.15) is 38.7 Å². The normalized spacial score (nSPS) is 22.8. The van der Waals surface area contributed by atoms with Gasteiger partial charge in [-0.1, -0.05) is 38.8 Å². The molecular formula is C19H24N2O5. The molecule has 1 aromatic carbocycles. The molecule has 1 aromatic rings. The number of esters is 1. The molecule has 0 spiro atoms. The number of benzene rings is 1. The second-order valence-electron chi connectivity index (χ2n) is 6.73. The van der Waals surface area contributed by atoms with Crippen LogP contribution in [0.4, 0.5) is 5.69 Å². The number of nitro groups is 1. The van der Waals surface area contributed by atoms with Crippen LogP contribution >= 0.6 is 0 Å². The van der Waals surface area contributed by atoms with Gasteiger partial charge in [0.2, 0.25) is 0 Å². The van der Waals surface area contributed by atoms with Gasteiger partial charge < -0.3 is 10.1 Å². The molecule has 1 fully saturated rings. The zero-order valence-electron chi connectivity index (χ0n) is 15.0. The Morgan fingerprint density at radius 1 is 1.35 bits per heavy atom. The number of hydrogen-bond acceptors (Lipinski definition) is 5. The van der Waals surface area contributed by atoms with Crippen molar-refractivity contribution >= 4 is 23.6 Å². The molecule has 3 atom stereocenters. The standard InChI is InChI=1S/C19H24N2O5/c1-13-5-3-8-17(14(13)2)20-18(22)12-26-19(23)10-9-15-6-4-7-16(11-15)21(24)25/h4,6-7,9-11,13-14,17H,3,5,8,12H2,1-2H3,(H,20,22)/b10-9+/t13-,14-,17+/m1/s1. The maximum absolute atomic E-state index is 12.0. The number of nitro benzene ring substituents is 1. The van der Waals surface area contributed by atoms with E-state index in [1.165, 1.54) is 30.7 Å². The zero-order chi connectivity index (χ0) is 19.1. The van der Waals surface area contributed by atoms with Gasteiger partial charge in [0.15, 0.2) is 6.61 Å². The summed E-state index contributed by atoms with van der Waals surface area (Å²) in [6.07, 6.45) is 5.76. The summed E-state index contributed by atoms with van der Waals surface area (Å²) in [6, 6.07) is 6.00. The smallest absolute Gasteiger partial charge is 0.331 e. The summed E-state index contributed by atoms with van der Waals surface area (Å²) >= 11 is 0. The monoisotopic (exact) mass is 360 g/mol. The third-order valence-corrected chi connectivity index (χ3v) is 4.89. The minimum Gasteiger partial charge on any atom is -0.452 e. The lowest BCUT2D eigenvalue weighted by Crippen LogP contribution is -2.45. The summed E-state index contributed by atoms with van der Waals surface area (Å²) in [7, 11) is 0. The van der Waals surface area contributed by atoms with Crippen LogP contribution in [-0.2, 0) is 14.3 Å². The molecule has 7 heteroatoms. The van der Waals surface area contributed by atoms with Crippen molar-refractivity contribution < 1.29 is 19.2 Å². The van der Waals surface area contributed by atoms with Gasteiger partial charge in [-0.3, -0.25) is 14.9 Å². The van der Waals surface area contributed by atoms with E-state index in [0.717, 1.165) is 18.9 Å². The maximum Gasteiger partial charge on any atom is 0.331 e. The maximum atomic E-state index is 12.0. The zero-order valence-corrected chi connectivity index (χ0v) is 15.0. The van der Waals surface area contributed by atoms with E-state index < -0.39 is 10.9 Å². The number of amides is 1. The van der Waals surface area contributed by atoms with E-state index in [1.807, 2.05) is 0 Å². The molecule has 1 amide bonds. The van der Waals surface area contributed by atoms with Crippen molar-refractivity contribution in [2.75, 3.05) is 6.61 Å². The fraction of sp³-hybridized carbons (Fsp3) is 0.474. The van der Waals surface area contributed by atoms with E-state index in [1.54, 1.807) is 6.07 Å². The molecule has 0 radical (unpaired) electrons. The Labute approximate surface area is 152 Å². The fourth-order valence-electron chi connectivity index (χ4n) is 3.13. The van der Waals surface area contributed by atoms with Crippen LogP contribution in [0.15, 0.2) is 30.3 Å². The van der Waals surface area contributed by atoms with E-state index in [9.17, 15) is 19.7 Å². The van der Waals surface area contributed by atoms with E-state index >= 15 is 0 Å². The predicted molar refractivity (Wildman–Crippen MR) is 97.2 cm³/mol. The molecule has 2 rings (SSSR count). The van der Waals surface area contributed by atoms with Crippen LogP contribution < -0.4 is 5.32 Å². The molecule has 7 nitrogen and oxygen atoms in total. The van der Waals surface area contributed by atoms with Crippen LogP contribution in [-0.4, -0.2) is 29.4 Å². The van der Waals surface area contributed by atoms with Crippen LogP contribution in [0.5, 0.6) is 0 Å². The van der Waals surface area contributed by atoms with E-state index in [4.69, 9.17) is 4.74 Å². The van der Waals surface area contributed by atoms with E-state index in [0.29, 0.717) is 17.4 Å². The lowest BCUT2D eigenvalue weighted by molar-refractivity contribution is -0.384. The van der Waals surface area contributed by atoms with Crippen LogP contribution in [0, 0.1) is 22.0 Å². The largest absolute Gasteiger partial charge is 0.452 e. The molecule has 26 heavy (non-hydrogen) atoms. The van der Waals surface area contributed by atoms with Gasteiger partial charge >= 0.3 is 5.97 Å². The molecule has 0 saturated heterocycles. The Balaban J connectivity index is 1.80. The van der Waals surface area contributed by atoms with Crippen molar-refractivity contribution in [1.29, 1.82) is 0 Å². The van der Waals surface area contributed by atoms with E-state index in [2.05, 4.69) is 19.2 Å². The van der Waals surface area contributed by atoms with Gasteiger partial charge in [-0.25, -0.2) is 4.79 Å². The van der Waals surface area contributed by atoms with Crippen molar-refractivity contribution in [2.45, 2.75) is 39.2 Å². The summed E-state index contributed by atoms with van der Waals surface area (Å²) in [5, 5.41) is 13.7. The first kappa shape index (κ1) is 19.6. The summed E-state index contributed by atoms with van der Waals surface area (Å²) in [5.74, 6) is -0.0172. The highest BCUT2D eigenvalue weighted by molar-refractivity contribution is 5.89. The van der Waals surface area contributed by atoms with Crippen molar-refractivity contribution in [1.82, 2.24) is 5.32 Å². The first-order valence-corrected chi connectivity index (χ1v) is 8.75. The lowest BCUT2D eigenvalue weighted by atomic mass is 9.78. The Kier molecular flexibility index (Phi) is 6.89. The van der Waals surface area contributed by atoms with Gasteiger partial charge in [-0.05, 0) is 29.9 Å². The molecule has 0 bridgehead atoms. The number of rotatable bonds is 6. The van der Waals surface area contributed by atoms with Gasteiger partial charge in [0.25, 0.3) is 11.6 Å². The van der Waals surface area contributed by atoms with Crippen LogP contribution in [0.3, 0.4) is 0 Å². The summed E-state index contributed by atoms with van der Waals surface area (Å²) in [5.41, 5.74) is 0.446. The average molecular weight is 360 g/mol. The third kappa shape index (κ3) is 5.68. The number of nitrogens with zero attached hydrogens (tertiary/aromatic N) is 1. The first-order chi connectivity index (χ1) is 12.4. The highest BCUT2D eigenvalue weighted by atomic mass is 16.6. The summed E-state index contributed by atoms with van der Waals surface area (Å²) in [6.45, 7) is 3.97. The number of nitrogens with one attached hydrogen (secondary N) is 1. The molecule has 1 saturated carbocycles. The molecular weight excluding hydrogens is 336 g/mol. The number of hydrogen-bond donors (Lipinski definition) is 1. The molecule has 0 unspecified atom stereocenters. The highest BCUT2D eigenvalue weighted by Gasteiger charge is 2.28. The number of non-ortho nitro benzene ring substituents is 1. The Morgan fingerprint density at radius 2 is 2.12 bits per heavy atom. The topological polar surface area (TPSA) is 98.5 Å². The SMILES string of the molecule is C[C@@H]1[C@H](C)CCC[C@@H]1NC(=O)COC(=O)/C=C/c1cccc([N+](=O)[O-])c1. The van der Waals surface area contributed by atoms with Gasteiger partial charge in [0, 0.05) is 24.3 Å². The second kappa shape index (κ2) is 9.12. The second-order valence-corrected chi connectivity index (χ2v) is 6.73. The van der Waals surface area contributed by atoms with E-state index in [-0.39, 0.29) is 24.2 Å². The number of ether oxygens (including phenoxy) is 1. The minimum absolute atomic E-state index is 0.0595. The van der Waals surface area contributed by atoms with Crippen molar-refractivity contribution in [3.8, 4) is 0 Å². The Hall–Kier alpha value is -2.70. The molecule has 1 aliphatic carbocycles. The molecule has 1 aliphatic rings. The average Bonchev–Trinajstić information content (AvgIpc) is 2.62. The number of carbonyl (C=O) groups excluding carboxylic acids is 2. The van der Waals surface area contributed by atoms with Crippen LogP contribution in [0.2, 0.25) is 0 Å². The Morgan fingerprint density at radius 3 is 2.85 bits per heavy atom. The third-order valence-electron chi connectivity index (χ3n) is 4.89. The lowest BCUT2D eigenvalue weighted by Gasteiger charge is -2.34. The summed E-state index contributed by atoms with van der Waals surface area (Å²) < 4.78 is 4.94. The minimum atomic E-state index is -0.670. The first-order valence-electron chi connectivity index (χ1n) is 8.75. The molecule has 1 N–H and O–H groups in total. The van der Waals surface area contributed by atoms with Gasteiger partial charge in [-0.2, -0.15) is 0 Å². The van der Waals surface area contributed by atoms with Crippen LogP contribution in [0.25, 0.3) is 6.08 Å². The van der Waals surface area contributed by atoms with Gasteiger partial charge in [0.05, 0.1) is 4.92 Å². The molecule has 0 aromatic heterocycles. The predicted octanol–water partition coefficient (Wildman–Crippen LogP) is 3.09. The summed E-state index contributed by atoms with van der Waals surface area (Å²) in [4.78, 5) is 33.9. The molecule has 140 valence electrons. The van der Waals surface area contributed by atoms with Crippen molar-refractivity contribution in [3.05, 3.63) is 46.0 Å². The van der Waals surface area contributed by atoms with Gasteiger partial charge in [-0.15, -0.1) is 0 Å². The highest BCUT2D eigenvalue weighted by Crippen LogP contribution is 2.29. The molecule has 0 heterocycles. The molecule has 0 aliphatic heterocycles. The van der Waals surface area contributed by atoms with Crippen molar-refractivity contribution in [3.63, 3.8) is 0 Å². The van der Waals surface area contributed by atoms with Crippen molar-refractivity contribution in [2.24, 2.45) is 11.8 Å². The van der Waals surface area contributed by atoms with Gasteiger partial charge in [0.1, 0.15) is 0 Å². The quantitative estimate of drug-likeness (QED) is 0.364. The Bertz CT molecular complexity index is 701. The number of carbonyl (C=O) groups is 2. The fourth-order valence-corrected chi connectivity index (χ4v) is 3.13.